The maximum Gasteiger partial charge on any atom is 0.404 e. The van der Waals surface area contributed by atoms with E-state index in [0.29, 0.717) is 5.56 Å². The molecule has 146 valence electrons. The molecule has 0 radical (unpaired) electrons. The Bertz CT molecular complexity index is 966. The standard InChI is InChI=1S/C23H26N2O3/c1-22(2,3)23(28,19-9-6-12-24-14-19)20(15-25-21(26)27)18-11-10-16-7-4-5-8-17(16)13-18/h4-14,20,25,28H,15H2,1-3H3,(H,26,27). The number of pyridine rings is 1. The fourth-order valence-electron chi connectivity index (χ4n) is 3.87. The molecule has 0 aliphatic carbocycles. The van der Waals surface area contributed by atoms with E-state index in [-0.39, 0.29) is 6.54 Å². The molecule has 0 aliphatic heterocycles. The highest BCUT2D eigenvalue weighted by Crippen LogP contribution is 2.49. The number of fused-ring (bicyclic) bond motifs is 1. The third-order valence-corrected chi connectivity index (χ3v) is 5.38. The molecule has 3 aromatic rings. The Morgan fingerprint density at radius 2 is 1.79 bits per heavy atom. The van der Waals surface area contributed by atoms with Crippen molar-refractivity contribution in [3.63, 3.8) is 0 Å². The van der Waals surface area contributed by atoms with E-state index in [4.69, 9.17) is 0 Å². The van der Waals surface area contributed by atoms with Crippen molar-refractivity contribution in [2.45, 2.75) is 32.3 Å². The molecular formula is C23H26N2O3. The minimum atomic E-state index is -1.34. The third kappa shape index (κ3) is 3.71. The molecule has 3 N–H and O–H groups in total. The van der Waals surface area contributed by atoms with Crippen LogP contribution in [0.3, 0.4) is 0 Å². The monoisotopic (exact) mass is 378 g/mol. The second-order valence-corrected chi connectivity index (χ2v) is 8.10. The van der Waals surface area contributed by atoms with Crippen molar-refractivity contribution in [2.75, 3.05) is 6.54 Å². The first-order valence-corrected chi connectivity index (χ1v) is 9.32. The highest BCUT2D eigenvalue weighted by atomic mass is 16.4. The number of hydrogen-bond donors (Lipinski definition) is 3. The number of aliphatic hydroxyl groups is 1. The van der Waals surface area contributed by atoms with Gasteiger partial charge in [-0.15, -0.1) is 0 Å². The number of carbonyl (C=O) groups is 1. The number of hydrogen-bond acceptors (Lipinski definition) is 3. The molecule has 0 spiro atoms. The van der Waals surface area contributed by atoms with E-state index in [1.807, 2.05) is 69.3 Å². The number of nitrogens with zero attached hydrogens (tertiary/aromatic N) is 1. The predicted molar refractivity (Wildman–Crippen MR) is 110 cm³/mol. The normalized spacial score (nSPS) is 15.0. The minimum absolute atomic E-state index is 0.0797. The third-order valence-electron chi connectivity index (χ3n) is 5.38. The van der Waals surface area contributed by atoms with Crippen LogP contribution in [-0.2, 0) is 5.60 Å². The lowest BCUT2D eigenvalue weighted by Gasteiger charge is -2.46. The van der Waals surface area contributed by atoms with Gasteiger partial charge in [0.25, 0.3) is 0 Å². The lowest BCUT2D eigenvalue weighted by molar-refractivity contribution is -0.0871. The summed E-state index contributed by atoms with van der Waals surface area (Å²) in [5.74, 6) is -0.502. The molecule has 0 bridgehead atoms. The maximum absolute atomic E-state index is 12.0. The molecule has 0 saturated heterocycles. The Hall–Kier alpha value is -2.92. The first-order chi connectivity index (χ1) is 13.2. The number of rotatable bonds is 5. The number of aromatic nitrogens is 1. The van der Waals surface area contributed by atoms with Gasteiger partial charge in [-0.1, -0.05) is 69.3 Å². The van der Waals surface area contributed by atoms with E-state index in [9.17, 15) is 15.0 Å². The summed E-state index contributed by atoms with van der Waals surface area (Å²) < 4.78 is 0. The number of nitrogens with one attached hydrogen (secondary N) is 1. The summed E-state index contributed by atoms with van der Waals surface area (Å²) in [6, 6.07) is 17.6. The first kappa shape index (κ1) is 19.8. The topological polar surface area (TPSA) is 82.5 Å². The quantitative estimate of drug-likeness (QED) is 0.610. The average Bonchev–Trinajstić information content (AvgIpc) is 2.67. The van der Waals surface area contributed by atoms with Gasteiger partial charge in [0.1, 0.15) is 5.60 Å². The Morgan fingerprint density at radius 3 is 2.39 bits per heavy atom. The van der Waals surface area contributed by atoms with Crippen LogP contribution in [0.4, 0.5) is 4.79 Å². The second-order valence-electron chi connectivity index (χ2n) is 8.10. The molecule has 1 heterocycles. The highest BCUT2D eigenvalue weighted by Gasteiger charge is 2.49. The fraction of sp³-hybridized carbons (Fsp3) is 0.304. The Balaban J connectivity index is 2.19. The van der Waals surface area contributed by atoms with Crippen LogP contribution in [0.25, 0.3) is 10.8 Å². The summed E-state index contributed by atoms with van der Waals surface area (Å²) in [7, 11) is 0. The van der Waals surface area contributed by atoms with E-state index >= 15 is 0 Å². The van der Waals surface area contributed by atoms with Gasteiger partial charge in [-0.05, 0) is 27.8 Å². The Labute approximate surface area is 165 Å². The SMILES string of the molecule is CC(C)(C)C(O)(c1cccnc1)C(CNC(=O)O)c1ccc2ccccc2c1. The van der Waals surface area contributed by atoms with Gasteiger partial charge in [0.05, 0.1) is 0 Å². The largest absolute Gasteiger partial charge is 0.465 e. The summed E-state index contributed by atoms with van der Waals surface area (Å²) in [4.78, 5) is 15.4. The minimum Gasteiger partial charge on any atom is -0.465 e. The lowest BCUT2D eigenvalue weighted by Crippen LogP contribution is -2.49. The van der Waals surface area contributed by atoms with Crippen LogP contribution >= 0.6 is 0 Å². The first-order valence-electron chi connectivity index (χ1n) is 9.32. The van der Waals surface area contributed by atoms with Crippen LogP contribution < -0.4 is 5.32 Å². The van der Waals surface area contributed by atoms with E-state index in [1.165, 1.54) is 0 Å². The predicted octanol–water partition coefficient (Wildman–Crippen LogP) is 4.52. The molecule has 2 atom stereocenters. The van der Waals surface area contributed by atoms with Crippen LogP contribution in [0.2, 0.25) is 0 Å². The van der Waals surface area contributed by atoms with Crippen molar-refractivity contribution in [3.05, 3.63) is 78.1 Å². The number of amides is 1. The Kier molecular flexibility index (Phi) is 5.38. The van der Waals surface area contributed by atoms with E-state index in [2.05, 4.69) is 10.3 Å². The van der Waals surface area contributed by atoms with E-state index in [1.54, 1.807) is 18.5 Å². The molecule has 5 nitrogen and oxygen atoms in total. The Morgan fingerprint density at radius 1 is 1.07 bits per heavy atom. The number of benzene rings is 2. The lowest BCUT2D eigenvalue weighted by atomic mass is 9.63. The summed E-state index contributed by atoms with van der Waals surface area (Å²) in [6.07, 6.45) is 2.20. The molecule has 5 heteroatoms. The zero-order chi connectivity index (χ0) is 20.4. The molecule has 1 amide bonds. The summed E-state index contributed by atoms with van der Waals surface area (Å²) in [5, 5.41) is 25.9. The van der Waals surface area contributed by atoms with Crippen LogP contribution in [-0.4, -0.2) is 27.8 Å². The summed E-state index contributed by atoms with van der Waals surface area (Å²) in [5.41, 5.74) is -0.389. The van der Waals surface area contributed by atoms with Crippen molar-refractivity contribution in [1.82, 2.24) is 10.3 Å². The van der Waals surface area contributed by atoms with Gasteiger partial charge in [-0.3, -0.25) is 4.98 Å². The van der Waals surface area contributed by atoms with Gasteiger partial charge >= 0.3 is 6.09 Å². The zero-order valence-corrected chi connectivity index (χ0v) is 16.4. The molecule has 1 aromatic heterocycles. The summed E-state index contributed by atoms with van der Waals surface area (Å²) >= 11 is 0. The van der Waals surface area contributed by atoms with Crippen molar-refractivity contribution in [1.29, 1.82) is 0 Å². The van der Waals surface area contributed by atoms with Gasteiger partial charge in [0.2, 0.25) is 0 Å². The molecular weight excluding hydrogens is 352 g/mol. The van der Waals surface area contributed by atoms with Crippen molar-refractivity contribution in [2.24, 2.45) is 5.41 Å². The van der Waals surface area contributed by atoms with Gasteiger partial charge in [-0.2, -0.15) is 0 Å². The molecule has 0 fully saturated rings. The van der Waals surface area contributed by atoms with Gasteiger partial charge in [-0.25, -0.2) is 4.79 Å². The zero-order valence-electron chi connectivity index (χ0n) is 16.4. The van der Waals surface area contributed by atoms with Crippen molar-refractivity contribution < 1.29 is 15.0 Å². The fourth-order valence-corrected chi connectivity index (χ4v) is 3.87. The van der Waals surface area contributed by atoms with Crippen molar-refractivity contribution >= 4 is 16.9 Å². The number of carboxylic acid groups (broad SMARTS) is 1. The molecule has 2 unspecified atom stereocenters. The van der Waals surface area contributed by atoms with Gasteiger partial charge in [0, 0.05) is 30.4 Å². The van der Waals surface area contributed by atoms with Gasteiger partial charge in [0.15, 0.2) is 0 Å². The average molecular weight is 378 g/mol. The molecule has 28 heavy (non-hydrogen) atoms. The van der Waals surface area contributed by atoms with E-state index in [0.717, 1.165) is 16.3 Å². The van der Waals surface area contributed by atoms with Crippen molar-refractivity contribution in [3.8, 4) is 0 Å². The highest BCUT2D eigenvalue weighted by molar-refractivity contribution is 5.83. The molecule has 2 aromatic carbocycles. The van der Waals surface area contributed by atoms with Crippen LogP contribution in [0.15, 0.2) is 67.0 Å². The summed E-state index contributed by atoms with van der Waals surface area (Å²) in [6.45, 7) is 5.94. The molecule has 3 rings (SSSR count). The van der Waals surface area contributed by atoms with E-state index < -0.39 is 23.0 Å². The second kappa shape index (κ2) is 7.60. The van der Waals surface area contributed by atoms with Gasteiger partial charge < -0.3 is 15.5 Å². The molecule has 0 saturated carbocycles. The van der Waals surface area contributed by atoms with Crippen LogP contribution in [0.5, 0.6) is 0 Å². The maximum atomic E-state index is 12.0. The molecule has 0 aliphatic rings. The smallest absolute Gasteiger partial charge is 0.404 e. The van der Waals surface area contributed by atoms with Crippen LogP contribution in [0.1, 0.15) is 37.8 Å². The van der Waals surface area contributed by atoms with Crippen LogP contribution in [0, 0.1) is 5.41 Å².